The molecule has 1 aromatic carbocycles. The molecule has 3 aliphatic heterocycles. The number of amides is 4. The summed E-state index contributed by atoms with van der Waals surface area (Å²) in [4.78, 5) is 61.3. The molecule has 6 rings (SSSR count). The molecule has 1 fully saturated rings. The molecule has 2 aromatic heterocycles. The number of nitrogens with zero attached hydrogens (tertiary/aromatic N) is 5. The molecule has 3 aliphatic rings. The first-order valence-corrected chi connectivity index (χ1v) is 12.1. The van der Waals surface area contributed by atoms with Crippen molar-refractivity contribution in [3.63, 3.8) is 0 Å². The molecular weight excluding hydrogens is 495 g/mol. The second kappa shape index (κ2) is 9.29. The van der Waals surface area contributed by atoms with Crippen LogP contribution in [0.25, 0.3) is 22.5 Å². The summed E-state index contributed by atoms with van der Waals surface area (Å²) in [6, 6.07) is 7.25. The van der Waals surface area contributed by atoms with Gasteiger partial charge in [-0.25, -0.2) is 4.39 Å². The zero-order valence-corrected chi connectivity index (χ0v) is 20.0. The van der Waals surface area contributed by atoms with Gasteiger partial charge in [0.1, 0.15) is 17.6 Å². The van der Waals surface area contributed by atoms with E-state index in [1.807, 2.05) is 0 Å². The standard InChI is InChI=1S/C26H21FN6O5/c27-21-15(14-8-10-28-11-9-14)3-1-4-16(21)23-30-20(38-31-23)13-32-12-2-5-17-22(32)26(37)33(25(17)36)18-6-7-19(34)29-24(18)35/h1,3-4,8-11,18H,2,5-7,12-13H2,(H,29,34,35). The Morgan fingerprint density at radius 3 is 2.61 bits per heavy atom. The van der Waals surface area contributed by atoms with E-state index in [1.54, 1.807) is 47.6 Å². The van der Waals surface area contributed by atoms with Gasteiger partial charge in [-0.2, -0.15) is 4.98 Å². The van der Waals surface area contributed by atoms with Crippen LogP contribution in [0.15, 0.2) is 58.5 Å². The smallest absolute Gasteiger partial charge is 0.278 e. The quantitative estimate of drug-likeness (QED) is 0.504. The van der Waals surface area contributed by atoms with Gasteiger partial charge in [0, 0.05) is 36.5 Å². The molecule has 5 heterocycles. The van der Waals surface area contributed by atoms with Crippen LogP contribution >= 0.6 is 0 Å². The van der Waals surface area contributed by atoms with E-state index in [9.17, 15) is 19.2 Å². The van der Waals surface area contributed by atoms with Gasteiger partial charge in [0.05, 0.1) is 12.1 Å². The van der Waals surface area contributed by atoms with Gasteiger partial charge in [0.25, 0.3) is 11.8 Å². The summed E-state index contributed by atoms with van der Waals surface area (Å²) in [6.07, 6.45) is 4.27. The minimum absolute atomic E-state index is 0.0275. The SMILES string of the molecule is O=C1CCC(N2C(=O)C3=C(C2=O)N(Cc2nc(-c4cccc(-c5ccncc5)c4F)no2)CCC3)C(=O)N1. The highest BCUT2D eigenvalue weighted by Gasteiger charge is 2.48. The largest absolute Gasteiger partial charge is 0.357 e. The number of halogens is 1. The van der Waals surface area contributed by atoms with E-state index < -0.39 is 35.5 Å². The van der Waals surface area contributed by atoms with Gasteiger partial charge in [0.2, 0.25) is 23.5 Å². The van der Waals surface area contributed by atoms with Crippen LogP contribution in [0.4, 0.5) is 4.39 Å². The van der Waals surface area contributed by atoms with Gasteiger partial charge in [-0.1, -0.05) is 17.3 Å². The number of hydrogen-bond acceptors (Lipinski definition) is 9. The molecule has 192 valence electrons. The first-order valence-electron chi connectivity index (χ1n) is 12.1. The summed E-state index contributed by atoms with van der Waals surface area (Å²) in [7, 11) is 0. The lowest BCUT2D eigenvalue weighted by atomic mass is 10.0. The van der Waals surface area contributed by atoms with E-state index in [0.29, 0.717) is 36.1 Å². The van der Waals surface area contributed by atoms with Crippen LogP contribution in [0.5, 0.6) is 0 Å². The maximum Gasteiger partial charge on any atom is 0.278 e. The number of aromatic nitrogens is 3. The van der Waals surface area contributed by atoms with Crippen LogP contribution in [-0.4, -0.2) is 61.1 Å². The van der Waals surface area contributed by atoms with Crippen LogP contribution in [-0.2, 0) is 25.7 Å². The van der Waals surface area contributed by atoms with E-state index >= 15 is 4.39 Å². The molecule has 1 atom stereocenters. The van der Waals surface area contributed by atoms with Crippen molar-refractivity contribution in [1.82, 2.24) is 30.2 Å². The fourth-order valence-electron chi connectivity index (χ4n) is 5.11. The molecule has 12 heteroatoms. The Labute approximate surface area is 215 Å². The maximum atomic E-state index is 15.4. The number of benzene rings is 1. The van der Waals surface area contributed by atoms with Crippen molar-refractivity contribution < 1.29 is 28.1 Å². The Morgan fingerprint density at radius 2 is 1.82 bits per heavy atom. The predicted molar refractivity (Wildman–Crippen MR) is 128 cm³/mol. The molecular formula is C26H21FN6O5. The van der Waals surface area contributed by atoms with Crippen molar-refractivity contribution in [3.05, 3.63) is 65.7 Å². The molecule has 0 spiro atoms. The van der Waals surface area contributed by atoms with Crippen molar-refractivity contribution >= 4 is 23.6 Å². The molecule has 0 radical (unpaired) electrons. The minimum atomic E-state index is -1.04. The normalized spacial score (nSPS) is 19.8. The first-order chi connectivity index (χ1) is 18.4. The molecule has 1 unspecified atom stereocenters. The minimum Gasteiger partial charge on any atom is -0.357 e. The Bertz CT molecular complexity index is 1520. The van der Waals surface area contributed by atoms with Crippen LogP contribution in [0.3, 0.4) is 0 Å². The maximum absolute atomic E-state index is 15.4. The number of carbonyl (C=O) groups is 4. The van der Waals surface area contributed by atoms with Gasteiger partial charge < -0.3 is 9.42 Å². The third-order valence-electron chi connectivity index (χ3n) is 6.90. The van der Waals surface area contributed by atoms with E-state index in [1.165, 1.54) is 0 Å². The van der Waals surface area contributed by atoms with Gasteiger partial charge in [-0.05, 0) is 43.0 Å². The molecule has 3 aromatic rings. The highest BCUT2D eigenvalue weighted by molar-refractivity contribution is 6.21. The van der Waals surface area contributed by atoms with Crippen molar-refractivity contribution in [2.45, 2.75) is 38.3 Å². The average Bonchev–Trinajstić information content (AvgIpc) is 3.48. The molecule has 4 amide bonds. The lowest BCUT2D eigenvalue weighted by Gasteiger charge is -2.29. The van der Waals surface area contributed by atoms with Crippen LogP contribution in [0, 0.1) is 5.82 Å². The summed E-state index contributed by atoms with van der Waals surface area (Å²) < 4.78 is 20.7. The van der Waals surface area contributed by atoms with Crippen molar-refractivity contribution in [1.29, 1.82) is 0 Å². The van der Waals surface area contributed by atoms with E-state index in [0.717, 1.165) is 4.90 Å². The second-order valence-corrected chi connectivity index (χ2v) is 9.21. The molecule has 1 N–H and O–H groups in total. The fourth-order valence-corrected chi connectivity index (χ4v) is 5.11. The predicted octanol–water partition coefficient (Wildman–Crippen LogP) is 1.96. The van der Waals surface area contributed by atoms with Gasteiger partial charge >= 0.3 is 0 Å². The lowest BCUT2D eigenvalue weighted by molar-refractivity contribution is -0.150. The molecule has 0 aliphatic carbocycles. The third-order valence-corrected chi connectivity index (χ3v) is 6.90. The summed E-state index contributed by atoms with van der Waals surface area (Å²) in [5, 5.41) is 6.14. The van der Waals surface area contributed by atoms with Crippen molar-refractivity contribution in [2.75, 3.05) is 6.54 Å². The lowest BCUT2D eigenvalue weighted by Crippen LogP contribution is -2.55. The molecule has 11 nitrogen and oxygen atoms in total. The number of hydrogen-bond donors (Lipinski definition) is 1. The summed E-state index contributed by atoms with van der Waals surface area (Å²) in [5.74, 6) is -2.52. The molecule has 0 bridgehead atoms. The van der Waals surface area contributed by atoms with E-state index in [-0.39, 0.29) is 42.4 Å². The topological polar surface area (TPSA) is 139 Å². The Kier molecular flexibility index (Phi) is 5.78. The third kappa shape index (κ3) is 3.94. The number of imide groups is 2. The highest BCUT2D eigenvalue weighted by Crippen LogP contribution is 2.35. The van der Waals surface area contributed by atoms with E-state index in [2.05, 4.69) is 20.4 Å². The number of pyridine rings is 1. The van der Waals surface area contributed by atoms with Gasteiger partial charge in [-0.3, -0.25) is 34.4 Å². The van der Waals surface area contributed by atoms with E-state index in [4.69, 9.17) is 4.52 Å². The Morgan fingerprint density at radius 1 is 1.03 bits per heavy atom. The van der Waals surface area contributed by atoms with Crippen LogP contribution in [0.2, 0.25) is 0 Å². The summed E-state index contributed by atoms with van der Waals surface area (Å²) in [5.41, 5.74) is 1.69. The number of rotatable bonds is 5. The van der Waals surface area contributed by atoms with Gasteiger partial charge in [0.15, 0.2) is 0 Å². The second-order valence-electron chi connectivity index (χ2n) is 9.21. The van der Waals surface area contributed by atoms with Crippen LogP contribution < -0.4 is 5.32 Å². The molecule has 38 heavy (non-hydrogen) atoms. The fraction of sp³-hybridized carbons (Fsp3) is 0.269. The average molecular weight is 516 g/mol. The van der Waals surface area contributed by atoms with Crippen LogP contribution in [0.1, 0.15) is 31.6 Å². The zero-order chi connectivity index (χ0) is 26.4. The number of nitrogens with one attached hydrogen (secondary N) is 1. The summed E-state index contributed by atoms with van der Waals surface area (Å²) in [6.45, 7) is 0.477. The van der Waals surface area contributed by atoms with Gasteiger partial charge in [-0.15, -0.1) is 0 Å². The number of carbonyl (C=O) groups excluding carboxylic acids is 4. The first kappa shape index (κ1) is 23.6. The number of piperidine rings is 1. The Hall–Kier alpha value is -4.74. The highest BCUT2D eigenvalue weighted by atomic mass is 19.1. The molecule has 0 saturated carbocycles. The summed E-state index contributed by atoms with van der Waals surface area (Å²) >= 11 is 0. The van der Waals surface area contributed by atoms with Crippen molar-refractivity contribution in [2.24, 2.45) is 0 Å². The monoisotopic (exact) mass is 516 g/mol. The molecule has 1 saturated heterocycles. The zero-order valence-electron chi connectivity index (χ0n) is 20.0. The van der Waals surface area contributed by atoms with Crippen molar-refractivity contribution in [3.8, 4) is 22.5 Å². The Balaban J connectivity index is 1.24.